The highest BCUT2D eigenvalue weighted by atomic mass is 35.5. The Morgan fingerprint density at radius 3 is 2.71 bits per heavy atom. The molecule has 2 rings (SSSR count). The molecule has 14 heavy (non-hydrogen) atoms. The fourth-order valence-corrected chi connectivity index (χ4v) is 1.79. The molecule has 2 nitrogen and oxygen atoms in total. The molecule has 0 aromatic heterocycles. The van der Waals surface area contributed by atoms with Crippen LogP contribution in [0.4, 0.5) is 0 Å². The van der Waals surface area contributed by atoms with Crippen molar-refractivity contribution in [1.29, 1.82) is 0 Å². The summed E-state index contributed by atoms with van der Waals surface area (Å²) in [5.74, 6) is 0.867. The van der Waals surface area contributed by atoms with Crippen molar-refractivity contribution in [3.05, 3.63) is 28.8 Å². The van der Waals surface area contributed by atoms with Crippen LogP contribution in [0.5, 0.6) is 5.75 Å². The van der Waals surface area contributed by atoms with E-state index in [1.165, 1.54) is 0 Å². The number of hydrogen-bond acceptors (Lipinski definition) is 2. The molecule has 76 valence electrons. The van der Waals surface area contributed by atoms with E-state index in [0.29, 0.717) is 0 Å². The molecule has 0 radical (unpaired) electrons. The van der Waals surface area contributed by atoms with Gasteiger partial charge in [0.25, 0.3) is 0 Å². The van der Waals surface area contributed by atoms with Gasteiger partial charge in [-0.2, -0.15) is 0 Å². The van der Waals surface area contributed by atoms with E-state index < -0.39 is 0 Å². The normalized spacial score (nSPS) is 25.6. The molecule has 0 bridgehead atoms. The first-order chi connectivity index (χ1) is 6.65. The first-order valence-electron chi connectivity index (χ1n) is 4.76. The summed E-state index contributed by atoms with van der Waals surface area (Å²) >= 11 is 5.83. The van der Waals surface area contributed by atoms with E-state index in [1.54, 1.807) is 0 Å². The summed E-state index contributed by atoms with van der Waals surface area (Å²) in [6, 6.07) is 5.58. The smallest absolute Gasteiger partial charge is 0.122 e. The second-order valence-electron chi connectivity index (χ2n) is 3.77. The standard InChI is InChI=1S/C11H13ClO2/c1-7-4-8(12)2-3-11(7)14-10-5-9(13)6-10/h2-4,9-10,13H,5-6H2,1H3. The van der Waals surface area contributed by atoms with E-state index in [0.717, 1.165) is 29.2 Å². The minimum absolute atomic E-state index is 0.171. The molecule has 1 N–H and O–H groups in total. The van der Waals surface area contributed by atoms with Gasteiger partial charge in [0.1, 0.15) is 11.9 Å². The number of ether oxygens (including phenoxy) is 1. The number of rotatable bonds is 2. The highest BCUT2D eigenvalue weighted by Gasteiger charge is 2.29. The molecule has 1 aliphatic rings. The van der Waals surface area contributed by atoms with Crippen molar-refractivity contribution in [2.45, 2.75) is 32.0 Å². The van der Waals surface area contributed by atoms with Gasteiger partial charge in [-0.15, -0.1) is 0 Å². The van der Waals surface area contributed by atoms with Crippen LogP contribution in [-0.2, 0) is 0 Å². The van der Waals surface area contributed by atoms with Crippen LogP contribution in [0.15, 0.2) is 18.2 Å². The van der Waals surface area contributed by atoms with Crippen LogP contribution in [-0.4, -0.2) is 17.3 Å². The molecular weight excluding hydrogens is 200 g/mol. The summed E-state index contributed by atoms with van der Waals surface area (Å²) in [6.07, 6.45) is 1.47. The van der Waals surface area contributed by atoms with E-state index in [9.17, 15) is 0 Å². The van der Waals surface area contributed by atoms with Gasteiger partial charge < -0.3 is 9.84 Å². The fourth-order valence-electron chi connectivity index (χ4n) is 1.56. The van der Waals surface area contributed by atoms with Gasteiger partial charge in [0, 0.05) is 17.9 Å². The second kappa shape index (κ2) is 3.79. The van der Waals surface area contributed by atoms with Gasteiger partial charge in [0.2, 0.25) is 0 Å². The molecule has 0 heterocycles. The van der Waals surface area contributed by atoms with Gasteiger partial charge in [-0.05, 0) is 30.7 Å². The Labute approximate surface area is 88.5 Å². The molecular formula is C11H13ClO2. The topological polar surface area (TPSA) is 29.5 Å². The predicted octanol–water partition coefficient (Wildman–Crippen LogP) is 2.55. The summed E-state index contributed by atoms with van der Waals surface area (Å²) < 4.78 is 5.69. The highest BCUT2D eigenvalue weighted by molar-refractivity contribution is 6.30. The van der Waals surface area contributed by atoms with Gasteiger partial charge in [-0.25, -0.2) is 0 Å². The summed E-state index contributed by atoms with van der Waals surface area (Å²) in [5.41, 5.74) is 1.04. The predicted molar refractivity (Wildman–Crippen MR) is 55.8 cm³/mol. The lowest BCUT2D eigenvalue weighted by molar-refractivity contribution is -0.0110. The van der Waals surface area contributed by atoms with E-state index in [2.05, 4.69) is 0 Å². The van der Waals surface area contributed by atoms with Gasteiger partial charge >= 0.3 is 0 Å². The molecule has 1 aromatic carbocycles. The summed E-state index contributed by atoms with van der Waals surface area (Å²) in [6.45, 7) is 1.97. The molecule has 1 saturated carbocycles. The molecule has 0 aliphatic heterocycles. The van der Waals surface area contributed by atoms with Crippen LogP contribution in [0.25, 0.3) is 0 Å². The van der Waals surface area contributed by atoms with Crippen molar-refractivity contribution in [2.75, 3.05) is 0 Å². The molecule has 0 amide bonds. The van der Waals surface area contributed by atoms with Gasteiger partial charge in [-0.3, -0.25) is 0 Å². The van der Waals surface area contributed by atoms with Crippen LogP contribution >= 0.6 is 11.6 Å². The Hall–Kier alpha value is -0.730. The summed E-state index contributed by atoms with van der Waals surface area (Å²) in [7, 11) is 0. The molecule has 0 atom stereocenters. The SMILES string of the molecule is Cc1cc(Cl)ccc1OC1CC(O)C1. The maximum atomic E-state index is 9.11. The molecule has 0 spiro atoms. The Kier molecular flexibility index (Phi) is 2.66. The number of aliphatic hydroxyl groups excluding tert-OH is 1. The van der Waals surface area contributed by atoms with Gasteiger partial charge in [0.15, 0.2) is 0 Å². The van der Waals surface area contributed by atoms with Crippen molar-refractivity contribution in [3.8, 4) is 5.75 Å². The summed E-state index contributed by atoms with van der Waals surface area (Å²) in [4.78, 5) is 0. The largest absolute Gasteiger partial charge is 0.490 e. The maximum Gasteiger partial charge on any atom is 0.122 e. The van der Waals surface area contributed by atoms with E-state index in [4.69, 9.17) is 21.4 Å². The average molecular weight is 213 g/mol. The van der Waals surface area contributed by atoms with Crippen LogP contribution in [0, 0.1) is 6.92 Å². The summed E-state index contributed by atoms with van der Waals surface area (Å²) in [5, 5.41) is 9.83. The number of halogens is 1. The third-order valence-corrected chi connectivity index (χ3v) is 2.74. The van der Waals surface area contributed by atoms with Gasteiger partial charge in [-0.1, -0.05) is 11.6 Å². The van der Waals surface area contributed by atoms with E-state index in [1.807, 2.05) is 25.1 Å². The minimum Gasteiger partial charge on any atom is -0.490 e. The first-order valence-corrected chi connectivity index (χ1v) is 5.14. The quantitative estimate of drug-likeness (QED) is 0.817. The van der Waals surface area contributed by atoms with Crippen molar-refractivity contribution in [2.24, 2.45) is 0 Å². The number of aryl methyl sites for hydroxylation is 1. The zero-order valence-corrected chi connectivity index (χ0v) is 8.79. The molecule has 3 heteroatoms. The molecule has 1 aromatic rings. The second-order valence-corrected chi connectivity index (χ2v) is 4.21. The monoisotopic (exact) mass is 212 g/mol. The fraction of sp³-hybridized carbons (Fsp3) is 0.455. The average Bonchev–Trinajstić information content (AvgIpc) is 2.06. The van der Waals surface area contributed by atoms with E-state index >= 15 is 0 Å². The molecule has 1 fully saturated rings. The Balaban J connectivity index is 2.02. The van der Waals surface area contributed by atoms with Crippen molar-refractivity contribution in [3.63, 3.8) is 0 Å². The Bertz CT molecular complexity index is 332. The lowest BCUT2D eigenvalue weighted by atomic mass is 9.92. The van der Waals surface area contributed by atoms with Crippen LogP contribution < -0.4 is 4.74 Å². The van der Waals surface area contributed by atoms with E-state index in [-0.39, 0.29) is 12.2 Å². The highest BCUT2D eigenvalue weighted by Crippen LogP contribution is 2.29. The lowest BCUT2D eigenvalue weighted by Crippen LogP contribution is -2.37. The first kappa shape index (κ1) is 9.81. The molecule has 1 aliphatic carbocycles. The third kappa shape index (κ3) is 2.02. The molecule has 0 saturated heterocycles. The van der Waals surface area contributed by atoms with Crippen LogP contribution in [0.2, 0.25) is 5.02 Å². The molecule has 0 unspecified atom stereocenters. The number of benzene rings is 1. The van der Waals surface area contributed by atoms with Crippen molar-refractivity contribution < 1.29 is 9.84 Å². The maximum absolute atomic E-state index is 9.11. The Morgan fingerprint density at radius 2 is 2.14 bits per heavy atom. The number of aliphatic hydroxyl groups is 1. The van der Waals surface area contributed by atoms with Crippen molar-refractivity contribution in [1.82, 2.24) is 0 Å². The zero-order chi connectivity index (χ0) is 10.1. The lowest BCUT2D eigenvalue weighted by Gasteiger charge is -2.32. The number of hydrogen-bond donors (Lipinski definition) is 1. The van der Waals surface area contributed by atoms with Crippen molar-refractivity contribution >= 4 is 11.6 Å². The minimum atomic E-state index is -0.174. The van der Waals surface area contributed by atoms with Crippen LogP contribution in [0.1, 0.15) is 18.4 Å². The van der Waals surface area contributed by atoms with Crippen LogP contribution in [0.3, 0.4) is 0 Å². The Morgan fingerprint density at radius 1 is 1.43 bits per heavy atom. The van der Waals surface area contributed by atoms with Gasteiger partial charge in [0.05, 0.1) is 6.10 Å². The third-order valence-electron chi connectivity index (χ3n) is 2.50. The zero-order valence-electron chi connectivity index (χ0n) is 8.03.